The molecule has 0 saturated heterocycles. The topological polar surface area (TPSA) is 45.6 Å². The van der Waals surface area contributed by atoms with E-state index in [0.29, 0.717) is 12.3 Å². The summed E-state index contributed by atoms with van der Waals surface area (Å²) in [5.74, 6) is 0.657. The largest absolute Gasteiger partial charge is 0.480 e. The monoisotopic (exact) mass is 228 g/mol. The molecule has 1 aliphatic carbocycles. The zero-order valence-corrected chi connectivity index (χ0v) is 10.1. The average molecular weight is 228 g/mol. The minimum atomic E-state index is -0.483. The Morgan fingerprint density at radius 1 is 1.53 bits per heavy atom. The molecule has 84 valence electrons. The quantitative estimate of drug-likeness (QED) is 0.843. The molecule has 0 aromatic carbocycles. The number of methoxy groups -OCH3 is 1. The van der Waals surface area contributed by atoms with E-state index in [9.17, 15) is 5.11 Å². The summed E-state index contributed by atoms with van der Waals surface area (Å²) in [7, 11) is 5.52. The third-order valence-electron chi connectivity index (χ3n) is 2.54. The third-order valence-corrected chi connectivity index (χ3v) is 3.75. The number of thiazole rings is 1. The summed E-state index contributed by atoms with van der Waals surface area (Å²) in [5, 5.41) is 10.8. The van der Waals surface area contributed by atoms with Crippen molar-refractivity contribution in [2.45, 2.75) is 24.9 Å². The normalized spacial score (nSPS) is 17.6. The number of aliphatic hydroxyl groups is 1. The summed E-state index contributed by atoms with van der Waals surface area (Å²) in [5.41, 5.74) is -0.483. The van der Waals surface area contributed by atoms with Gasteiger partial charge in [-0.1, -0.05) is 11.3 Å². The Balaban J connectivity index is 2.20. The molecule has 0 atom stereocenters. The molecule has 15 heavy (non-hydrogen) atoms. The molecule has 0 spiro atoms. The van der Waals surface area contributed by atoms with Crippen LogP contribution in [0.15, 0.2) is 0 Å². The highest BCUT2D eigenvalue weighted by atomic mass is 32.1. The zero-order chi connectivity index (χ0) is 11.1. The van der Waals surface area contributed by atoms with Crippen molar-refractivity contribution >= 4 is 16.5 Å². The van der Waals surface area contributed by atoms with Gasteiger partial charge in [-0.3, -0.25) is 0 Å². The first-order valence-corrected chi connectivity index (χ1v) is 5.79. The van der Waals surface area contributed by atoms with Crippen molar-refractivity contribution < 1.29 is 9.84 Å². The predicted octanol–water partition coefficient (Wildman–Crippen LogP) is 1.29. The van der Waals surface area contributed by atoms with E-state index >= 15 is 0 Å². The van der Waals surface area contributed by atoms with Gasteiger partial charge in [-0.15, -0.1) is 0 Å². The first kappa shape index (κ1) is 10.7. The first-order valence-electron chi connectivity index (χ1n) is 4.97. The Morgan fingerprint density at radius 2 is 2.20 bits per heavy atom. The molecule has 0 bridgehead atoms. The minimum absolute atomic E-state index is 0.483. The van der Waals surface area contributed by atoms with Crippen LogP contribution in [0.1, 0.15) is 17.7 Å². The van der Waals surface area contributed by atoms with E-state index < -0.39 is 5.60 Å². The number of hydrogen-bond donors (Lipinski definition) is 1. The average Bonchev–Trinajstić information content (AvgIpc) is 2.77. The van der Waals surface area contributed by atoms with Gasteiger partial charge in [0.25, 0.3) is 0 Å². The molecule has 1 aromatic heterocycles. The van der Waals surface area contributed by atoms with Crippen LogP contribution in [0.2, 0.25) is 0 Å². The zero-order valence-electron chi connectivity index (χ0n) is 9.28. The molecule has 1 aliphatic rings. The molecule has 1 aromatic rings. The van der Waals surface area contributed by atoms with Gasteiger partial charge in [0.2, 0.25) is 5.88 Å². The summed E-state index contributed by atoms with van der Waals surface area (Å²) in [6.45, 7) is 0. The molecule has 5 heteroatoms. The summed E-state index contributed by atoms with van der Waals surface area (Å²) in [4.78, 5) is 7.35. The molecule has 1 heterocycles. The molecular weight excluding hydrogens is 212 g/mol. The Bertz CT molecular complexity index is 358. The number of nitrogens with zero attached hydrogens (tertiary/aromatic N) is 2. The molecule has 1 N–H and O–H groups in total. The molecule has 0 radical (unpaired) electrons. The van der Waals surface area contributed by atoms with Crippen LogP contribution in [-0.4, -0.2) is 36.9 Å². The van der Waals surface area contributed by atoms with Crippen LogP contribution in [0.5, 0.6) is 5.88 Å². The number of ether oxygens (including phenoxy) is 1. The molecule has 1 fully saturated rings. The molecule has 4 nitrogen and oxygen atoms in total. The van der Waals surface area contributed by atoms with Gasteiger partial charge in [-0.05, 0) is 12.8 Å². The number of anilines is 1. The van der Waals surface area contributed by atoms with Gasteiger partial charge in [0.05, 0.1) is 17.6 Å². The Morgan fingerprint density at radius 3 is 2.67 bits per heavy atom. The second-order valence-electron chi connectivity index (χ2n) is 4.22. The smallest absolute Gasteiger partial charge is 0.229 e. The van der Waals surface area contributed by atoms with Gasteiger partial charge in [0, 0.05) is 20.5 Å². The molecule has 0 aliphatic heterocycles. The van der Waals surface area contributed by atoms with Crippen molar-refractivity contribution in [3.8, 4) is 5.88 Å². The van der Waals surface area contributed by atoms with Crippen molar-refractivity contribution in [1.29, 1.82) is 0 Å². The van der Waals surface area contributed by atoms with E-state index in [-0.39, 0.29) is 0 Å². The van der Waals surface area contributed by atoms with E-state index in [1.165, 1.54) is 0 Å². The summed E-state index contributed by atoms with van der Waals surface area (Å²) in [6, 6.07) is 0. The lowest BCUT2D eigenvalue weighted by Gasteiger charge is -2.06. The van der Waals surface area contributed by atoms with Gasteiger partial charge >= 0.3 is 0 Å². The molecular formula is C10H16N2O2S. The van der Waals surface area contributed by atoms with E-state index in [4.69, 9.17) is 4.74 Å². The molecule has 1 saturated carbocycles. The van der Waals surface area contributed by atoms with Crippen molar-refractivity contribution in [2.75, 3.05) is 26.1 Å². The van der Waals surface area contributed by atoms with Gasteiger partial charge in [0.15, 0.2) is 5.13 Å². The highest BCUT2D eigenvalue weighted by molar-refractivity contribution is 7.15. The maximum absolute atomic E-state index is 9.86. The van der Waals surface area contributed by atoms with Crippen molar-refractivity contribution in [3.05, 3.63) is 4.88 Å². The Labute approximate surface area is 93.5 Å². The lowest BCUT2D eigenvalue weighted by molar-refractivity contribution is 0.151. The number of hydrogen-bond acceptors (Lipinski definition) is 5. The van der Waals surface area contributed by atoms with Crippen LogP contribution in [0.25, 0.3) is 0 Å². The standard InChI is InChI=1S/C10H16N2O2S/c1-12(2)9-11-8(14-3)7(15-9)6-10(13)4-5-10/h13H,4-6H2,1-3H3. The third kappa shape index (κ3) is 2.23. The molecule has 2 rings (SSSR count). The lowest BCUT2D eigenvalue weighted by atomic mass is 10.2. The Hall–Kier alpha value is -0.810. The summed E-state index contributed by atoms with van der Waals surface area (Å²) < 4.78 is 5.21. The lowest BCUT2D eigenvalue weighted by Crippen LogP contribution is -2.10. The fourth-order valence-corrected chi connectivity index (χ4v) is 2.50. The van der Waals surface area contributed by atoms with Crippen LogP contribution in [0.4, 0.5) is 5.13 Å². The molecule has 0 amide bonds. The van der Waals surface area contributed by atoms with Gasteiger partial charge < -0.3 is 14.7 Å². The molecule has 0 unspecified atom stereocenters. The second kappa shape index (κ2) is 3.64. The van der Waals surface area contributed by atoms with Crippen LogP contribution >= 0.6 is 11.3 Å². The summed E-state index contributed by atoms with van der Waals surface area (Å²) >= 11 is 1.59. The Kier molecular flexibility index (Phi) is 2.60. The summed E-state index contributed by atoms with van der Waals surface area (Å²) in [6.07, 6.45) is 2.46. The highest BCUT2D eigenvalue weighted by Crippen LogP contribution is 2.42. The van der Waals surface area contributed by atoms with E-state index in [1.54, 1.807) is 18.4 Å². The maximum Gasteiger partial charge on any atom is 0.229 e. The van der Waals surface area contributed by atoms with Gasteiger partial charge in [-0.2, -0.15) is 4.98 Å². The SMILES string of the molecule is COc1nc(N(C)C)sc1CC1(O)CC1. The van der Waals surface area contributed by atoms with Crippen LogP contribution in [0, 0.1) is 0 Å². The fourth-order valence-electron chi connectivity index (χ4n) is 1.41. The van der Waals surface area contributed by atoms with Gasteiger partial charge in [-0.25, -0.2) is 0 Å². The van der Waals surface area contributed by atoms with E-state index in [0.717, 1.165) is 22.9 Å². The maximum atomic E-state index is 9.86. The van der Waals surface area contributed by atoms with Crippen LogP contribution in [0.3, 0.4) is 0 Å². The van der Waals surface area contributed by atoms with Crippen LogP contribution < -0.4 is 9.64 Å². The number of rotatable bonds is 4. The van der Waals surface area contributed by atoms with E-state index in [2.05, 4.69) is 4.98 Å². The van der Waals surface area contributed by atoms with Crippen LogP contribution in [-0.2, 0) is 6.42 Å². The highest BCUT2D eigenvalue weighted by Gasteiger charge is 2.41. The van der Waals surface area contributed by atoms with Crippen molar-refractivity contribution in [1.82, 2.24) is 4.98 Å². The number of aromatic nitrogens is 1. The first-order chi connectivity index (χ1) is 7.04. The van der Waals surface area contributed by atoms with Crippen molar-refractivity contribution in [3.63, 3.8) is 0 Å². The second-order valence-corrected chi connectivity index (χ2v) is 5.29. The van der Waals surface area contributed by atoms with E-state index in [1.807, 2.05) is 19.0 Å². The predicted molar refractivity (Wildman–Crippen MR) is 60.9 cm³/mol. The minimum Gasteiger partial charge on any atom is -0.480 e. The van der Waals surface area contributed by atoms with Gasteiger partial charge in [0.1, 0.15) is 0 Å². The van der Waals surface area contributed by atoms with Crippen molar-refractivity contribution in [2.24, 2.45) is 0 Å². The fraction of sp³-hybridized carbons (Fsp3) is 0.700.